The van der Waals surface area contributed by atoms with Crippen LogP contribution < -0.4 is 0 Å². The summed E-state index contributed by atoms with van der Waals surface area (Å²) < 4.78 is 29.0. The van der Waals surface area contributed by atoms with Crippen molar-refractivity contribution in [2.24, 2.45) is 41.4 Å². The van der Waals surface area contributed by atoms with E-state index in [-0.39, 0.29) is 0 Å². The van der Waals surface area contributed by atoms with Crippen molar-refractivity contribution in [2.75, 3.05) is 13.2 Å². The van der Waals surface area contributed by atoms with Gasteiger partial charge in [0.05, 0.1) is 0 Å². The van der Waals surface area contributed by atoms with Gasteiger partial charge in [-0.25, -0.2) is 0 Å². The van der Waals surface area contributed by atoms with Gasteiger partial charge in [0.25, 0.3) is 0 Å². The first-order valence-corrected chi connectivity index (χ1v) is 22.0. The molecule has 0 amide bonds. The molecule has 6 rings (SSSR count). The molecule has 2 aliphatic heterocycles. The first-order chi connectivity index (χ1) is 25.4. The molecule has 0 spiro atoms. The van der Waals surface area contributed by atoms with E-state index in [9.17, 15) is 0 Å². The van der Waals surface area contributed by atoms with Gasteiger partial charge in [0.2, 0.25) is 0 Å². The van der Waals surface area contributed by atoms with Gasteiger partial charge >= 0.3 is 258 Å². The van der Waals surface area contributed by atoms with E-state index in [0.29, 0.717) is 36.8 Å². The van der Waals surface area contributed by atoms with Gasteiger partial charge in [-0.3, -0.25) is 0 Å². The zero-order valence-corrected chi connectivity index (χ0v) is 33.8. The molecule has 0 aromatic heterocycles. The van der Waals surface area contributed by atoms with E-state index in [4.69, 9.17) is 36.1 Å². The number of ether oxygens (including phenoxy) is 2. The molecule has 11 heteroatoms. The first kappa shape index (κ1) is 41.5. The molecule has 1 saturated heterocycles. The maximum absolute atomic E-state index is 7.09. The van der Waals surface area contributed by atoms with E-state index < -0.39 is 0 Å². The summed E-state index contributed by atoms with van der Waals surface area (Å²) in [5.74, 6) is 5.95. The molecule has 4 saturated carbocycles. The summed E-state index contributed by atoms with van der Waals surface area (Å²) in [6.07, 6.45) is 32.3. The maximum atomic E-state index is 7.09. The number of halogens is 1. The Kier molecular flexibility index (Phi) is 19.5. The Morgan fingerprint density at radius 2 is 1.18 bits per heavy atom. The van der Waals surface area contributed by atoms with Gasteiger partial charge in [-0.2, -0.15) is 0 Å². The van der Waals surface area contributed by atoms with Crippen molar-refractivity contribution < 1.29 is 18.8 Å². The second-order valence-corrected chi connectivity index (χ2v) is 18.0. The van der Waals surface area contributed by atoms with E-state index in [0.717, 1.165) is 101 Å². The minimum atomic E-state index is 0.313. The van der Waals surface area contributed by atoms with Gasteiger partial charge in [-0.05, 0) is 24.3 Å². The molecule has 0 bridgehead atoms. The van der Waals surface area contributed by atoms with Gasteiger partial charge in [0, 0.05) is 0 Å². The Morgan fingerprint density at radius 3 is 1.57 bits per heavy atom. The summed E-state index contributed by atoms with van der Waals surface area (Å²) in [6.45, 7) is 6.37. The van der Waals surface area contributed by atoms with Crippen LogP contribution in [0.4, 0.5) is 0 Å². The Bertz CT molecular complexity index is 1050. The van der Waals surface area contributed by atoms with Crippen LogP contribution in [0.15, 0.2) is 11.6 Å². The Hall–Kier alpha value is -0.665. The number of rotatable bonds is 12. The number of alkyl halides is 1. The van der Waals surface area contributed by atoms with Crippen LogP contribution in [0.1, 0.15) is 155 Å². The zero-order chi connectivity index (χ0) is 37.1. The van der Waals surface area contributed by atoms with Crippen LogP contribution in [-0.4, -0.2) is 65.9 Å². The molecule has 2 heterocycles. The number of hydrogen-bond donors (Lipinski definition) is 3. The van der Waals surface area contributed by atoms with Crippen molar-refractivity contribution in [3.05, 3.63) is 11.6 Å². The molecule has 0 aromatic carbocycles. The van der Waals surface area contributed by atoms with Crippen LogP contribution >= 0.6 is 15.9 Å². The summed E-state index contributed by atoms with van der Waals surface area (Å²) in [5.41, 5.74) is 1.52. The van der Waals surface area contributed by atoms with E-state index in [1.807, 2.05) is 0 Å². The average molecular weight is 771 g/mol. The molecule has 286 valence electrons. The summed E-state index contributed by atoms with van der Waals surface area (Å²) >= 11 is 3.95. The summed E-state index contributed by atoms with van der Waals surface area (Å²) in [7, 11) is 2.75. The quantitative estimate of drug-likeness (QED) is 0.104. The van der Waals surface area contributed by atoms with Gasteiger partial charge in [-0.1, -0.05) is 42.6 Å². The predicted octanol–water partition coefficient (Wildman–Crippen LogP) is 10.6. The molecule has 7 nitrogen and oxygen atoms in total. The fraction of sp³-hybridized carbons (Fsp3) is 0.950. The third kappa shape index (κ3) is 13.5. The minimum absolute atomic E-state index is 0.313. The third-order valence-corrected chi connectivity index (χ3v) is 14.9. The molecule has 3 N–H and O–H groups in total. The first-order valence-electron chi connectivity index (χ1n) is 21.7. The Balaban J connectivity index is 0.000000217. The van der Waals surface area contributed by atoms with E-state index in [1.54, 1.807) is 0 Å². The van der Waals surface area contributed by atoms with Gasteiger partial charge in [0.15, 0.2) is 0 Å². The van der Waals surface area contributed by atoms with E-state index in [2.05, 4.69) is 35.9 Å². The fourth-order valence-electron chi connectivity index (χ4n) is 10.8. The molecule has 4 unspecified atom stereocenters. The SMILES string of the molecule is CCCC1=CCC(C2CCC(C3CCC(OB=N)CC3)CC2)OC1.CCCC1COC(C2CCC(C3CCC(OB=N)CC3)CC2)CC1Br.[2H]B=N. The second kappa shape index (κ2) is 24.0. The third-order valence-electron chi connectivity index (χ3n) is 13.8. The van der Waals surface area contributed by atoms with Crippen molar-refractivity contribution >= 4 is 38.1 Å². The van der Waals surface area contributed by atoms with Gasteiger partial charge in [0.1, 0.15) is 0 Å². The Morgan fingerprint density at radius 1 is 0.725 bits per heavy atom. The zero-order valence-electron chi connectivity index (χ0n) is 33.2. The normalized spacial score (nSPS) is 38.6. The average Bonchev–Trinajstić information content (AvgIpc) is 3.18. The fourth-order valence-corrected chi connectivity index (χ4v) is 11.6. The standard InChI is InChI=1S/C20H35BBrNO2.C20H34BNO2.BH2N/c1-2-3-17-13-24-20(12-19(17)22)16-6-4-14(5-7-16)15-8-10-18(11-9-15)25-21-23;1-2-3-15-4-13-20(23-14-15)18-7-5-16(6-8-18)17-9-11-19(12-10-17)24-21-22;1-2/h14-20,23H,2-13H2,1H3;4,16-20,22H,2-3,5-14H2,1H3;1-2H/i;;1D. The van der Waals surface area contributed by atoms with Crippen molar-refractivity contribution in [3.8, 4) is 0 Å². The molecule has 5 fully saturated rings. The van der Waals surface area contributed by atoms with Crippen LogP contribution in [-0.2, 0) is 18.8 Å². The van der Waals surface area contributed by atoms with Crippen molar-refractivity contribution in [1.29, 1.82) is 17.3 Å². The molecule has 6 aliphatic rings. The van der Waals surface area contributed by atoms with Gasteiger partial charge < -0.3 is 0 Å². The molecule has 0 radical (unpaired) electrons. The van der Waals surface area contributed by atoms with Crippen molar-refractivity contribution in [2.45, 2.75) is 184 Å². The van der Waals surface area contributed by atoms with E-state index in [1.165, 1.54) is 115 Å². The second-order valence-electron chi connectivity index (χ2n) is 16.8. The van der Waals surface area contributed by atoms with Crippen LogP contribution in [0.2, 0.25) is 0 Å². The van der Waals surface area contributed by atoms with E-state index >= 15 is 0 Å². The summed E-state index contributed by atoms with van der Waals surface area (Å²) in [6, 6.07) is 0. The number of hydrogen-bond acceptors (Lipinski definition) is 7. The van der Waals surface area contributed by atoms with Crippen LogP contribution in [0.25, 0.3) is 0 Å². The van der Waals surface area contributed by atoms with Crippen molar-refractivity contribution in [1.82, 2.24) is 0 Å². The van der Waals surface area contributed by atoms with Crippen molar-refractivity contribution in [3.63, 3.8) is 0 Å². The molecule has 4 atom stereocenters. The monoisotopic (exact) mass is 770 g/mol. The van der Waals surface area contributed by atoms with Gasteiger partial charge in [-0.15, -0.1) is 0 Å². The van der Waals surface area contributed by atoms with Crippen LogP contribution in [0.3, 0.4) is 0 Å². The molecule has 0 aromatic rings. The summed E-state index contributed by atoms with van der Waals surface area (Å²) in [5, 5.41) is 19.9. The molecule has 51 heavy (non-hydrogen) atoms. The van der Waals surface area contributed by atoms with Crippen LogP contribution in [0, 0.1) is 57.4 Å². The topological polar surface area (TPSA) is 108 Å². The Labute approximate surface area is 323 Å². The number of nitrogens with one attached hydrogen (secondary N) is 3. The molecular formula is C40H71B3BrN3O4. The summed E-state index contributed by atoms with van der Waals surface area (Å²) in [4.78, 5) is 0.660. The molecule has 4 aliphatic carbocycles. The molecular weight excluding hydrogens is 699 g/mol. The van der Waals surface area contributed by atoms with Crippen LogP contribution in [0.5, 0.6) is 0 Å². The predicted molar refractivity (Wildman–Crippen MR) is 214 cm³/mol.